The first-order valence-corrected chi connectivity index (χ1v) is 6.20. The third-order valence-electron chi connectivity index (χ3n) is 2.07. The van der Waals surface area contributed by atoms with E-state index in [1.54, 1.807) is 16.9 Å². The zero-order valence-electron chi connectivity index (χ0n) is 8.36. The fraction of sp³-hybridized carbons (Fsp3) is 0.200. The Labute approximate surface area is 111 Å². The fourth-order valence-electron chi connectivity index (χ4n) is 1.24. The highest BCUT2D eigenvalue weighted by atomic mass is 79.9. The van der Waals surface area contributed by atoms with Crippen molar-refractivity contribution in [3.63, 3.8) is 0 Å². The van der Waals surface area contributed by atoms with Gasteiger partial charge in [0, 0.05) is 9.50 Å². The van der Waals surface area contributed by atoms with E-state index < -0.39 is 0 Å². The first kappa shape index (κ1) is 11.9. The summed E-state index contributed by atoms with van der Waals surface area (Å²) in [7, 11) is 0. The fourth-order valence-corrected chi connectivity index (χ4v) is 1.93. The molecule has 0 fully saturated rings. The summed E-state index contributed by atoms with van der Waals surface area (Å²) in [4.78, 5) is 0. The van der Waals surface area contributed by atoms with Crippen LogP contribution in [0.5, 0.6) is 0 Å². The molecule has 1 unspecified atom stereocenters. The quantitative estimate of drug-likeness (QED) is 0.783. The molecule has 1 aromatic heterocycles. The molecular weight excluding hydrogens is 313 g/mol. The van der Waals surface area contributed by atoms with E-state index in [-0.39, 0.29) is 5.38 Å². The van der Waals surface area contributed by atoms with E-state index in [0.717, 1.165) is 15.9 Å². The lowest BCUT2D eigenvalue weighted by Crippen LogP contribution is -1.95. The molecule has 0 amide bonds. The van der Waals surface area contributed by atoms with E-state index in [2.05, 4.69) is 26.2 Å². The lowest BCUT2D eigenvalue weighted by Gasteiger charge is -2.03. The molecule has 6 heteroatoms. The van der Waals surface area contributed by atoms with Gasteiger partial charge in [-0.1, -0.05) is 16.8 Å². The van der Waals surface area contributed by atoms with Gasteiger partial charge in [-0.25, -0.2) is 4.68 Å². The molecule has 16 heavy (non-hydrogen) atoms. The Morgan fingerprint density at radius 2 is 2.19 bits per heavy atom. The number of hydrogen-bond donors (Lipinski definition) is 0. The first-order valence-electron chi connectivity index (χ1n) is 4.59. The van der Waals surface area contributed by atoms with Crippen LogP contribution in [0.2, 0.25) is 5.02 Å². The van der Waals surface area contributed by atoms with Gasteiger partial charge in [0.1, 0.15) is 5.69 Å². The molecule has 0 N–H and O–H groups in total. The van der Waals surface area contributed by atoms with Crippen molar-refractivity contribution in [3.05, 3.63) is 39.6 Å². The van der Waals surface area contributed by atoms with Gasteiger partial charge in [0.2, 0.25) is 0 Å². The summed E-state index contributed by atoms with van der Waals surface area (Å²) in [5, 5.41) is 8.47. The Morgan fingerprint density at radius 3 is 2.81 bits per heavy atom. The summed E-state index contributed by atoms with van der Waals surface area (Å²) >= 11 is 15.3. The zero-order valence-corrected chi connectivity index (χ0v) is 11.5. The molecule has 0 saturated heterocycles. The summed E-state index contributed by atoms with van der Waals surface area (Å²) < 4.78 is 2.54. The maximum absolute atomic E-state index is 5.93. The monoisotopic (exact) mass is 319 g/mol. The normalized spacial score (nSPS) is 12.8. The summed E-state index contributed by atoms with van der Waals surface area (Å²) in [6, 6.07) is 5.48. The number of hydrogen-bond acceptors (Lipinski definition) is 2. The average molecular weight is 321 g/mol. The topological polar surface area (TPSA) is 30.7 Å². The maximum atomic E-state index is 5.93. The average Bonchev–Trinajstić information content (AvgIpc) is 2.70. The Bertz CT molecular complexity index is 511. The SMILES string of the molecule is CC(Cl)c1cn(-c2cc(Cl)ccc2Br)nn1. The molecule has 84 valence electrons. The summed E-state index contributed by atoms with van der Waals surface area (Å²) in [5.41, 5.74) is 1.57. The van der Waals surface area contributed by atoms with E-state index in [4.69, 9.17) is 23.2 Å². The van der Waals surface area contributed by atoms with Crippen LogP contribution in [0.1, 0.15) is 18.0 Å². The van der Waals surface area contributed by atoms with Gasteiger partial charge in [-0.3, -0.25) is 0 Å². The molecule has 2 aromatic rings. The van der Waals surface area contributed by atoms with E-state index in [9.17, 15) is 0 Å². The first-order chi connectivity index (χ1) is 7.58. The molecule has 1 atom stereocenters. The zero-order chi connectivity index (χ0) is 11.7. The van der Waals surface area contributed by atoms with Gasteiger partial charge in [0.15, 0.2) is 0 Å². The van der Waals surface area contributed by atoms with Crippen molar-refractivity contribution >= 4 is 39.1 Å². The van der Waals surface area contributed by atoms with Crippen LogP contribution in [0.25, 0.3) is 5.69 Å². The van der Waals surface area contributed by atoms with Crippen LogP contribution in [-0.2, 0) is 0 Å². The van der Waals surface area contributed by atoms with Crippen molar-refractivity contribution in [3.8, 4) is 5.69 Å². The molecular formula is C10H8BrCl2N3. The second-order valence-corrected chi connectivity index (χ2v) is 5.25. The number of rotatable bonds is 2. The van der Waals surface area contributed by atoms with E-state index in [1.807, 2.05) is 19.1 Å². The van der Waals surface area contributed by atoms with Crippen molar-refractivity contribution in [2.45, 2.75) is 12.3 Å². The van der Waals surface area contributed by atoms with Crippen LogP contribution in [0, 0.1) is 0 Å². The van der Waals surface area contributed by atoms with Gasteiger partial charge >= 0.3 is 0 Å². The minimum atomic E-state index is -0.160. The third-order valence-corrected chi connectivity index (χ3v) is 3.20. The van der Waals surface area contributed by atoms with Crippen molar-refractivity contribution in [2.75, 3.05) is 0 Å². The molecule has 2 rings (SSSR count). The third kappa shape index (κ3) is 2.39. The Balaban J connectivity index is 2.46. The van der Waals surface area contributed by atoms with Gasteiger partial charge in [0.25, 0.3) is 0 Å². The highest BCUT2D eigenvalue weighted by Gasteiger charge is 2.10. The lowest BCUT2D eigenvalue weighted by atomic mass is 10.3. The predicted molar refractivity (Wildman–Crippen MR) is 68.3 cm³/mol. The minimum Gasteiger partial charge on any atom is -0.219 e. The molecule has 0 radical (unpaired) electrons. The molecule has 0 saturated carbocycles. The number of aromatic nitrogens is 3. The van der Waals surface area contributed by atoms with Crippen molar-refractivity contribution in [2.24, 2.45) is 0 Å². The summed E-state index contributed by atoms with van der Waals surface area (Å²) in [5.74, 6) is 0. The van der Waals surface area contributed by atoms with Gasteiger partial charge in [-0.2, -0.15) is 0 Å². The van der Waals surface area contributed by atoms with Crippen LogP contribution < -0.4 is 0 Å². The molecule has 0 aliphatic carbocycles. The van der Waals surface area contributed by atoms with Crippen molar-refractivity contribution < 1.29 is 0 Å². The Morgan fingerprint density at radius 1 is 1.44 bits per heavy atom. The number of benzene rings is 1. The highest BCUT2D eigenvalue weighted by molar-refractivity contribution is 9.10. The number of alkyl halides is 1. The predicted octanol–water partition coefficient (Wildman–Crippen LogP) is 3.98. The smallest absolute Gasteiger partial charge is 0.101 e. The lowest BCUT2D eigenvalue weighted by molar-refractivity contribution is 0.794. The van der Waals surface area contributed by atoms with Crippen LogP contribution >= 0.6 is 39.1 Å². The van der Waals surface area contributed by atoms with Crippen molar-refractivity contribution in [1.29, 1.82) is 0 Å². The van der Waals surface area contributed by atoms with E-state index >= 15 is 0 Å². The molecule has 0 bridgehead atoms. The van der Waals surface area contributed by atoms with E-state index in [0.29, 0.717) is 5.02 Å². The standard InChI is InChI=1S/C10H8BrCl2N3/c1-6(12)9-5-16(15-14-9)10-4-7(13)2-3-8(10)11/h2-6H,1H3. The van der Waals surface area contributed by atoms with Gasteiger partial charge < -0.3 is 0 Å². The van der Waals surface area contributed by atoms with Crippen LogP contribution in [0.3, 0.4) is 0 Å². The molecule has 1 aromatic carbocycles. The van der Waals surface area contributed by atoms with Gasteiger partial charge in [-0.05, 0) is 41.1 Å². The number of nitrogens with zero attached hydrogens (tertiary/aromatic N) is 3. The second-order valence-electron chi connectivity index (χ2n) is 3.30. The van der Waals surface area contributed by atoms with Gasteiger partial charge in [0.05, 0.1) is 17.3 Å². The molecule has 1 heterocycles. The second kappa shape index (κ2) is 4.73. The molecule has 0 spiro atoms. The van der Waals surface area contributed by atoms with Crippen molar-refractivity contribution in [1.82, 2.24) is 15.0 Å². The van der Waals surface area contributed by atoms with Crippen LogP contribution in [0.4, 0.5) is 0 Å². The molecule has 3 nitrogen and oxygen atoms in total. The Hall–Kier alpha value is -0.580. The molecule has 0 aliphatic heterocycles. The Kier molecular flexibility index (Phi) is 3.52. The van der Waals surface area contributed by atoms with Crippen LogP contribution in [0.15, 0.2) is 28.9 Å². The largest absolute Gasteiger partial charge is 0.219 e. The van der Waals surface area contributed by atoms with Gasteiger partial charge in [-0.15, -0.1) is 16.7 Å². The van der Waals surface area contributed by atoms with Crippen LogP contribution in [-0.4, -0.2) is 15.0 Å². The summed E-state index contributed by atoms with van der Waals surface area (Å²) in [6.07, 6.45) is 1.79. The summed E-state index contributed by atoms with van der Waals surface area (Å²) in [6.45, 7) is 1.85. The molecule has 0 aliphatic rings. The van der Waals surface area contributed by atoms with E-state index in [1.165, 1.54) is 0 Å². The highest BCUT2D eigenvalue weighted by Crippen LogP contribution is 2.25. The maximum Gasteiger partial charge on any atom is 0.101 e. The minimum absolute atomic E-state index is 0.160. The number of halogens is 3.